The van der Waals surface area contributed by atoms with Crippen LogP contribution in [0.5, 0.6) is 11.5 Å². The standard InChI is InChI=1S/C19H15F2N3O3/c20-12-1-2-16-18(6-12)26-9-13(3-4-22)24(16)8-11-5-15-17(7-14(11)21)27-10-19(25)23-15/h1-2,5-7,13H,3,8-10H2,(H,23,25)/t13-/m0/s1. The molecule has 2 heterocycles. The minimum absolute atomic E-state index is 0.128. The first-order valence-electron chi connectivity index (χ1n) is 8.36. The number of fused-ring (bicyclic) bond motifs is 2. The van der Waals surface area contributed by atoms with E-state index in [1.165, 1.54) is 24.3 Å². The zero-order valence-electron chi connectivity index (χ0n) is 14.2. The fourth-order valence-corrected chi connectivity index (χ4v) is 3.25. The molecule has 0 saturated carbocycles. The van der Waals surface area contributed by atoms with Crippen LogP contribution in [-0.4, -0.2) is 25.2 Å². The van der Waals surface area contributed by atoms with Crippen LogP contribution < -0.4 is 19.7 Å². The van der Waals surface area contributed by atoms with E-state index in [9.17, 15) is 13.6 Å². The number of anilines is 2. The normalized spacial score (nSPS) is 17.7. The van der Waals surface area contributed by atoms with Gasteiger partial charge in [0.2, 0.25) is 0 Å². The number of amides is 1. The first-order chi connectivity index (χ1) is 13.0. The molecule has 2 aliphatic heterocycles. The average Bonchev–Trinajstić information content (AvgIpc) is 2.64. The Morgan fingerprint density at radius 3 is 2.89 bits per heavy atom. The molecule has 8 heteroatoms. The van der Waals surface area contributed by atoms with E-state index in [2.05, 4.69) is 11.4 Å². The largest absolute Gasteiger partial charge is 0.489 e. The Hall–Kier alpha value is -3.34. The third kappa shape index (κ3) is 3.24. The number of carbonyl (C=O) groups excluding carboxylic acids is 1. The number of hydrogen-bond donors (Lipinski definition) is 1. The van der Waals surface area contributed by atoms with Gasteiger partial charge in [-0.15, -0.1) is 0 Å². The van der Waals surface area contributed by atoms with Gasteiger partial charge in [0, 0.05) is 24.2 Å². The molecule has 2 aliphatic rings. The second kappa shape index (κ2) is 6.76. The molecule has 0 bridgehead atoms. The highest BCUT2D eigenvalue weighted by atomic mass is 19.1. The fraction of sp³-hybridized carbons (Fsp3) is 0.263. The minimum atomic E-state index is -0.490. The quantitative estimate of drug-likeness (QED) is 0.898. The number of ether oxygens (including phenoxy) is 2. The predicted molar refractivity (Wildman–Crippen MR) is 92.6 cm³/mol. The summed E-state index contributed by atoms with van der Waals surface area (Å²) in [6, 6.07) is 8.65. The van der Waals surface area contributed by atoms with Crippen LogP contribution in [0.15, 0.2) is 30.3 Å². The first kappa shape index (κ1) is 17.1. The molecule has 0 spiro atoms. The third-order valence-electron chi connectivity index (χ3n) is 4.55. The molecule has 1 atom stereocenters. The van der Waals surface area contributed by atoms with Crippen molar-refractivity contribution in [1.82, 2.24) is 0 Å². The lowest BCUT2D eigenvalue weighted by atomic mass is 10.1. The van der Waals surface area contributed by atoms with Gasteiger partial charge in [-0.3, -0.25) is 4.79 Å². The Morgan fingerprint density at radius 1 is 1.22 bits per heavy atom. The van der Waals surface area contributed by atoms with Gasteiger partial charge in [0.15, 0.2) is 6.61 Å². The maximum absolute atomic E-state index is 14.6. The van der Waals surface area contributed by atoms with Crippen LogP contribution in [0.4, 0.5) is 20.2 Å². The molecule has 0 aromatic heterocycles. The van der Waals surface area contributed by atoms with Crippen LogP contribution in [0, 0.1) is 23.0 Å². The molecule has 138 valence electrons. The van der Waals surface area contributed by atoms with Crippen molar-refractivity contribution in [3.8, 4) is 17.6 Å². The van der Waals surface area contributed by atoms with Crippen molar-refractivity contribution in [3.63, 3.8) is 0 Å². The lowest BCUT2D eigenvalue weighted by Crippen LogP contribution is -2.42. The van der Waals surface area contributed by atoms with Crippen molar-refractivity contribution in [2.75, 3.05) is 23.4 Å². The number of nitriles is 1. The summed E-state index contributed by atoms with van der Waals surface area (Å²) in [5.41, 5.74) is 1.30. The molecule has 1 amide bonds. The molecular formula is C19H15F2N3O3. The number of benzene rings is 2. The maximum Gasteiger partial charge on any atom is 0.262 e. The first-order valence-corrected chi connectivity index (χ1v) is 8.36. The van der Waals surface area contributed by atoms with Crippen LogP contribution >= 0.6 is 0 Å². The van der Waals surface area contributed by atoms with E-state index >= 15 is 0 Å². The van der Waals surface area contributed by atoms with Gasteiger partial charge in [-0.05, 0) is 18.2 Å². The molecule has 0 radical (unpaired) electrons. The predicted octanol–water partition coefficient (Wildman–Crippen LogP) is 2.98. The smallest absolute Gasteiger partial charge is 0.262 e. The van der Waals surface area contributed by atoms with E-state index < -0.39 is 11.6 Å². The number of rotatable bonds is 3. The van der Waals surface area contributed by atoms with E-state index in [1.807, 2.05) is 4.90 Å². The summed E-state index contributed by atoms with van der Waals surface area (Å²) in [6.45, 7) is 0.165. The maximum atomic E-state index is 14.6. The number of halogens is 2. The summed E-state index contributed by atoms with van der Waals surface area (Å²) >= 11 is 0. The highest BCUT2D eigenvalue weighted by molar-refractivity contribution is 5.95. The average molecular weight is 371 g/mol. The summed E-state index contributed by atoms with van der Waals surface area (Å²) < 4.78 is 38.9. The van der Waals surface area contributed by atoms with Crippen molar-refractivity contribution >= 4 is 17.3 Å². The van der Waals surface area contributed by atoms with E-state index in [4.69, 9.17) is 14.7 Å². The summed E-state index contributed by atoms with van der Waals surface area (Å²) in [7, 11) is 0. The molecule has 0 fully saturated rings. The molecule has 6 nitrogen and oxygen atoms in total. The zero-order chi connectivity index (χ0) is 19.0. The van der Waals surface area contributed by atoms with Crippen LogP contribution in [-0.2, 0) is 11.3 Å². The Kier molecular flexibility index (Phi) is 4.28. The number of nitrogens with one attached hydrogen (secondary N) is 1. The second-order valence-corrected chi connectivity index (χ2v) is 6.34. The van der Waals surface area contributed by atoms with Crippen molar-refractivity contribution in [1.29, 1.82) is 5.26 Å². The third-order valence-corrected chi connectivity index (χ3v) is 4.55. The van der Waals surface area contributed by atoms with Crippen LogP contribution in [0.3, 0.4) is 0 Å². The highest BCUT2D eigenvalue weighted by Crippen LogP contribution is 2.38. The van der Waals surface area contributed by atoms with E-state index in [-0.39, 0.29) is 43.9 Å². The van der Waals surface area contributed by atoms with Gasteiger partial charge in [-0.2, -0.15) is 5.26 Å². The molecule has 1 N–H and O–H groups in total. The molecule has 0 saturated heterocycles. The summed E-state index contributed by atoms with van der Waals surface area (Å²) in [4.78, 5) is 13.3. The van der Waals surface area contributed by atoms with Crippen molar-refractivity contribution in [3.05, 3.63) is 47.5 Å². The van der Waals surface area contributed by atoms with Gasteiger partial charge in [0.1, 0.15) is 29.7 Å². The van der Waals surface area contributed by atoms with Gasteiger partial charge in [0.25, 0.3) is 5.91 Å². The molecular weight excluding hydrogens is 356 g/mol. The zero-order valence-corrected chi connectivity index (χ0v) is 14.2. The van der Waals surface area contributed by atoms with Crippen LogP contribution in [0.1, 0.15) is 12.0 Å². The van der Waals surface area contributed by atoms with Gasteiger partial charge < -0.3 is 19.7 Å². The molecule has 4 rings (SSSR count). The van der Waals surface area contributed by atoms with Crippen molar-refractivity contribution in [2.45, 2.75) is 19.0 Å². The topological polar surface area (TPSA) is 74.6 Å². The lowest BCUT2D eigenvalue weighted by molar-refractivity contribution is -0.118. The van der Waals surface area contributed by atoms with Crippen LogP contribution in [0.25, 0.3) is 0 Å². The Morgan fingerprint density at radius 2 is 2.07 bits per heavy atom. The van der Waals surface area contributed by atoms with Gasteiger partial charge in [-0.1, -0.05) is 0 Å². The fourth-order valence-electron chi connectivity index (χ4n) is 3.25. The van der Waals surface area contributed by atoms with E-state index in [1.54, 1.807) is 6.07 Å². The van der Waals surface area contributed by atoms with Crippen molar-refractivity contribution in [2.24, 2.45) is 0 Å². The number of carbonyl (C=O) groups is 1. The molecule has 0 aliphatic carbocycles. The second-order valence-electron chi connectivity index (χ2n) is 6.34. The summed E-state index contributed by atoms with van der Waals surface area (Å²) in [5, 5.41) is 11.8. The Bertz CT molecular complexity index is 958. The van der Waals surface area contributed by atoms with Crippen molar-refractivity contribution < 1.29 is 23.0 Å². The molecule has 27 heavy (non-hydrogen) atoms. The summed E-state index contributed by atoms with van der Waals surface area (Å²) in [6.07, 6.45) is 0.170. The Labute approximate surface area is 153 Å². The Balaban J connectivity index is 1.71. The number of nitrogens with zero attached hydrogens (tertiary/aromatic N) is 2. The summed E-state index contributed by atoms with van der Waals surface area (Å²) in [5.74, 6) is -0.620. The SMILES string of the molecule is N#CC[C@H]1COc2cc(F)ccc2N1Cc1cc2c(cc1F)OCC(=O)N2. The minimum Gasteiger partial charge on any atom is -0.489 e. The number of hydrogen-bond acceptors (Lipinski definition) is 5. The van der Waals surface area contributed by atoms with E-state index in [0.717, 1.165) is 0 Å². The van der Waals surface area contributed by atoms with E-state index in [0.29, 0.717) is 22.7 Å². The molecule has 0 unspecified atom stereocenters. The lowest BCUT2D eigenvalue weighted by Gasteiger charge is -2.38. The monoisotopic (exact) mass is 371 g/mol. The van der Waals surface area contributed by atoms with Crippen LogP contribution in [0.2, 0.25) is 0 Å². The molecule has 2 aromatic carbocycles. The van der Waals surface area contributed by atoms with Gasteiger partial charge in [-0.25, -0.2) is 8.78 Å². The highest BCUT2D eigenvalue weighted by Gasteiger charge is 2.29. The van der Waals surface area contributed by atoms with Gasteiger partial charge >= 0.3 is 0 Å². The van der Waals surface area contributed by atoms with Gasteiger partial charge in [0.05, 0.1) is 29.9 Å². The molecule has 2 aromatic rings.